The predicted molar refractivity (Wildman–Crippen MR) is 88.6 cm³/mol. The van der Waals surface area contributed by atoms with Crippen molar-refractivity contribution in [3.8, 4) is 0 Å². The first-order valence-corrected chi connectivity index (χ1v) is 7.52. The summed E-state index contributed by atoms with van der Waals surface area (Å²) in [4.78, 5) is 25.4. The Balaban J connectivity index is 1.69. The molecule has 2 amide bonds. The fourth-order valence-electron chi connectivity index (χ4n) is 2.57. The van der Waals surface area contributed by atoms with Crippen LogP contribution in [0.3, 0.4) is 0 Å². The zero-order chi connectivity index (χ0) is 16.2. The summed E-state index contributed by atoms with van der Waals surface area (Å²) in [6.45, 7) is 2.91. The lowest BCUT2D eigenvalue weighted by molar-refractivity contribution is -0.115. The second kappa shape index (κ2) is 6.52. The Morgan fingerprint density at radius 1 is 1.22 bits per heavy atom. The number of ether oxygens (including phenoxy) is 1. The summed E-state index contributed by atoms with van der Waals surface area (Å²) in [5, 5.41) is 2.88. The molecule has 2 aromatic carbocycles. The largest absolute Gasteiger partial charge is 0.447 e. The SMILES string of the molecule is Cc1ccccc1CC(=O)Nc1cccc(N2CCOC2=O)c1. The average Bonchev–Trinajstić information content (AvgIpc) is 2.96. The second-order valence-electron chi connectivity index (χ2n) is 5.47. The van der Waals surface area contributed by atoms with Crippen LogP contribution in [0.25, 0.3) is 0 Å². The van der Waals surface area contributed by atoms with Crippen LogP contribution < -0.4 is 10.2 Å². The number of cyclic esters (lactones) is 1. The Morgan fingerprint density at radius 3 is 2.78 bits per heavy atom. The first-order valence-electron chi connectivity index (χ1n) is 7.52. The van der Waals surface area contributed by atoms with E-state index in [0.717, 1.165) is 16.8 Å². The van der Waals surface area contributed by atoms with E-state index < -0.39 is 0 Å². The second-order valence-corrected chi connectivity index (χ2v) is 5.47. The van der Waals surface area contributed by atoms with Crippen LogP contribution in [0.2, 0.25) is 0 Å². The summed E-state index contributed by atoms with van der Waals surface area (Å²) >= 11 is 0. The highest BCUT2D eigenvalue weighted by Gasteiger charge is 2.23. The van der Waals surface area contributed by atoms with Crippen LogP contribution in [0, 0.1) is 6.92 Å². The molecule has 3 rings (SSSR count). The summed E-state index contributed by atoms with van der Waals surface area (Å²) < 4.78 is 4.93. The van der Waals surface area contributed by atoms with Crippen molar-refractivity contribution in [1.29, 1.82) is 0 Å². The summed E-state index contributed by atoms with van der Waals surface area (Å²) in [6, 6.07) is 15.0. The van der Waals surface area contributed by atoms with Crippen molar-refractivity contribution in [2.45, 2.75) is 13.3 Å². The number of anilines is 2. The summed E-state index contributed by atoms with van der Waals surface area (Å²) in [7, 11) is 0. The Hall–Kier alpha value is -2.82. The van der Waals surface area contributed by atoms with Crippen LogP contribution in [0.1, 0.15) is 11.1 Å². The molecule has 0 bridgehead atoms. The van der Waals surface area contributed by atoms with E-state index in [4.69, 9.17) is 4.74 Å². The number of hydrogen-bond donors (Lipinski definition) is 1. The number of benzene rings is 2. The fourth-order valence-corrected chi connectivity index (χ4v) is 2.57. The van der Waals surface area contributed by atoms with E-state index in [0.29, 0.717) is 25.3 Å². The molecule has 1 N–H and O–H groups in total. The number of rotatable bonds is 4. The summed E-state index contributed by atoms with van der Waals surface area (Å²) in [5.74, 6) is -0.0829. The number of hydrogen-bond acceptors (Lipinski definition) is 3. The molecule has 1 heterocycles. The normalized spacial score (nSPS) is 13.8. The molecule has 23 heavy (non-hydrogen) atoms. The van der Waals surface area contributed by atoms with Crippen LogP contribution in [-0.2, 0) is 16.0 Å². The van der Waals surface area contributed by atoms with E-state index in [1.54, 1.807) is 17.0 Å². The number of nitrogens with zero attached hydrogens (tertiary/aromatic N) is 1. The smallest absolute Gasteiger partial charge is 0.414 e. The molecule has 2 aromatic rings. The van der Waals surface area contributed by atoms with Crippen molar-refractivity contribution < 1.29 is 14.3 Å². The number of aryl methyl sites for hydroxylation is 1. The minimum atomic E-state index is -0.353. The third-order valence-electron chi connectivity index (χ3n) is 3.81. The van der Waals surface area contributed by atoms with E-state index in [-0.39, 0.29) is 12.0 Å². The first kappa shape index (κ1) is 15.1. The number of carbonyl (C=O) groups excluding carboxylic acids is 2. The third kappa shape index (κ3) is 3.51. The number of amides is 2. The Kier molecular flexibility index (Phi) is 4.28. The highest BCUT2D eigenvalue weighted by molar-refractivity contribution is 5.94. The summed E-state index contributed by atoms with van der Waals surface area (Å²) in [6.07, 6.45) is -0.0313. The van der Waals surface area contributed by atoms with Crippen molar-refractivity contribution in [3.05, 3.63) is 59.7 Å². The number of nitrogens with one attached hydrogen (secondary N) is 1. The van der Waals surface area contributed by atoms with Gasteiger partial charge in [0, 0.05) is 11.4 Å². The topological polar surface area (TPSA) is 58.6 Å². The zero-order valence-electron chi connectivity index (χ0n) is 12.9. The molecule has 0 saturated carbocycles. The van der Waals surface area contributed by atoms with Gasteiger partial charge in [0.05, 0.1) is 13.0 Å². The lowest BCUT2D eigenvalue weighted by Gasteiger charge is -2.14. The van der Waals surface area contributed by atoms with Crippen molar-refractivity contribution >= 4 is 23.4 Å². The minimum absolute atomic E-state index is 0.0829. The molecule has 1 aliphatic heterocycles. The Morgan fingerprint density at radius 2 is 2.04 bits per heavy atom. The van der Waals surface area contributed by atoms with Gasteiger partial charge in [-0.25, -0.2) is 4.79 Å². The van der Waals surface area contributed by atoms with Crippen molar-refractivity contribution in [1.82, 2.24) is 0 Å². The maximum absolute atomic E-state index is 12.2. The van der Waals surface area contributed by atoms with Crippen LogP contribution in [0.5, 0.6) is 0 Å². The molecular weight excluding hydrogens is 292 g/mol. The standard InChI is InChI=1S/C18H18N2O3/c1-13-5-2-3-6-14(13)11-17(21)19-15-7-4-8-16(12-15)20-9-10-23-18(20)22/h2-8,12H,9-11H2,1H3,(H,19,21). The Labute approximate surface area is 134 Å². The molecular formula is C18H18N2O3. The van der Waals surface area contributed by atoms with E-state index in [1.807, 2.05) is 43.3 Å². The van der Waals surface area contributed by atoms with Gasteiger partial charge in [-0.1, -0.05) is 30.3 Å². The predicted octanol–water partition coefficient (Wildman–Crippen LogP) is 3.13. The van der Waals surface area contributed by atoms with E-state index in [9.17, 15) is 9.59 Å². The van der Waals surface area contributed by atoms with E-state index in [1.165, 1.54) is 0 Å². The van der Waals surface area contributed by atoms with Gasteiger partial charge in [-0.05, 0) is 36.2 Å². The molecule has 0 spiro atoms. The lowest BCUT2D eigenvalue weighted by atomic mass is 10.1. The number of carbonyl (C=O) groups is 2. The average molecular weight is 310 g/mol. The van der Waals surface area contributed by atoms with Crippen molar-refractivity contribution in [2.24, 2.45) is 0 Å². The van der Waals surface area contributed by atoms with E-state index >= 15 is 0 Å². The van der Waals surface area contributed by atoms with Crippen LogP contribution in [-0.4, -0.2) is 25.2 Å². The molecule has 1 saturated heterocycles. The van der Waals surface area contributed by atoms with Gasteiger partial charge in [0.25, 0.3) is 0 Å². The van der Waals surface area contributed by atoms with Crippen LogP contribution in [0.15, 0.2) is 48.5 Å². The lowest BCUT2D eigenvalue weighted by Crippen LogP contribution is -2.23. The van der Waals surface area contributed by atoms with Crippen LogP contribution in [0.4, 0.5) is 16.2 Å². The molecule has 0 atom stereocenters. The highest BCUT2D eigenvalue weighted by atomic mass is 16.6. The van der Waals surface area contributed by atoms with Gasteiger partial charge in [0.15, 0.2) is 0 Å². The van der Waals surface area contributed by atoms with Crippen LogP contribution >= 0.6 is 0 Å². The minimum Gasteiger partial charge on any atom is -0.447 e. The van der Waals surface area contributed by atoms with E-state index in [2.05, 4.69) is 5.32 Å². The molecule has 5 heteroatoms. The van der Waals surface area contributed by atoms with Gasteiger partial charge in [0.2, 0.25) is 5.91 Å². The Bertz CT molecular complexity index is 743. The third-order valence-corrected chi connectivity index (χ3v) is 3.81. The zero-order valence-corrected chi connectivity index (χ0v) is 12.9. The summed E-state index contributed by atoms with van der Waals surface area (Å²) in [5.41, 5.74) is 3.49. The van der Waals surface area contributed by atoms with Crippen molar-refractivity contribution in [3.63, 3.8) is 0 Å². The van der Waals surface area contributed by atoms with Gasteiger partial charge in [-0.15, -0.1) is 0 Å². The molecule has 1 aliphatic rings. The maximum atomic E-state index is 12.2. The fraction of sp³-hybridized carbons (Fsp3) is 0.222. The van der Waals surface area contributed by atoms with Gasteiger partial charge < -0.3 is 10.1 Å². The quantitative estimate of drug-likeness (QED) is 0.944. The molecule has 5 nitrogen and oxygen atoms in total. The van der Waals surface area contributed by atoms with Gasteiger partial charge in [-0.2, -0.15) is 0 Å². The van der Waals surface area contributed by atoms with Gasteiger partial charge in [0.1, 0.15) is 6.61 Å². The molecule has 0 aromatic heterocycles. The molecule has 0 radical (unpaired) electrons. The molecule has 118 valence electrons. The molecule has 0 aliphatic carbocycles. The molecule has 1 fully saturated rings. The maximum Gasteiger partial charge on any atom is 0.414 e. The van der Waals surface area contributed by atoms with Gasteiger partial charge >= 0.3 is 6.09 Å². The van der Waals surface area contributed by atoms with Crippen molar-refractivity contribution in [2.75, 3.05) is 23.4 Å². The monoisotopic (exact) mass is 310 g/mol. The molecule has 0 unspecified atom stereocenters. The van der Waals surface area contributed by atoms with Gasteiger partial charge in [-0.3, -0.25) is 9.69 Å². The highest BCUT2D eigenvalue weighted by Crippen LogP contribution is 2.22. The first-order chi connectivity index (χ1) is 11.1.